The number of benzene rings is 1. The minimum atomic E-state index is -3.91. The summed E-state index contributed by atoms with van der Waals surface area (Å²) in [5.41, 5.74) is 0.864. The molecule has 1 fully saturated rings. The summed E-state index contributed by atoms with van der Waals surface area (Å²) in [6.45, 7) is 5.80. The molecule has 1 aromatic heterocycles. The van der Waals surface area contributed by atoms with Gasteiger partial charge in [0.2, 0.25) is 15.9 Å². The van der Waals surface area contributed by atoms with Crippen LogP contribution in [0.2, 0.25) is 0 Å². The van der Waals surface area contributed by atoms with Crippen molar-refractivity contribution in [2.75, 3.05) is 0 Å². The summed E-state index contributed by atoms with van der Waals surface area (Å²) in [5, 5.41) is 3.06. The molecule has 0 saturated heterocycles. The standard InChI is InChI=1S/C18H26N4O3S2/c1-11(2)16(18(23)19-13-8-5-4-7-12(13)3)22-27(24,25)15-10-6-9-14-17(15)21-26-20-14/h6,9-13,16,22H,4-5,7-8H2,1-3H3,(H,19,23)/t12-,13-,16+/m1/s1. The zero-order valence-electron chi connectivity index (χ0n) is 15.8. The van der Waals surface area contributed by atoms with Crippen molar-refractivity contribution in [2.24, 2.45) is 11.8 Å². The fourth-order valence-electron chi connectivity index (χ4n) is 3.52. The minimum absolute atomic E-state index is 0.0539. The number of sulfonamides is 1. The molecule has 0 bridgehead atoms. The van der Waals surface area contributed by atoms with Crippen molar-refractivity contribution in [1.82, 2.24) is 18.8 Å². The first-order valence-electron chi connectivity index (χ1n) is 9.33. The van der Waals surface area contributed by atoms with Gasteiger partial charge in [0, 0.05) is 6.04 Å². The highest BCUT2D eigenvalue weighted by molar-refractivity contribution is 7.89. The van der Waals surface area contributed by atoms with Gasteiger partial charge >= 0.3 is 0 Å². The highest BCUT2D eigenvalue weighted by Gasteiger charge is 2.32. The second kappa shape index (κ2) is 8.20. The molecule has 0 spiro atoms. The van der Waals surface area contributed by atoms with Crippen LogP contribution in [0.25, 0.3) is 11.0 Å². The molecule has 1 heterocycles. The fourth-order valence-corrected chi connectivity index (χ4v) is 5.63. The summed E-state index contributed by atoms with van der Waals surface area (Å²) in [6.07, 6.45) is 4.29. The molecule has 1 aliphatic carbocycles. The molecule has 1 amide bonds. The van der Waals surface area contributed by atoms with E-state index < -0.39 is 16.1 Å². The Kier molecular flexibility index (Phi) is 6.12. The van der Waals surface area contributed by atoms with E-state index in [1.807, 2.05) is 13.8 Å². The van der Waals surface area contributed by atoms with E-state index in [1.165, 1.54) is 12.5 Å². The van der Waals surface area contributed by atoms with E-state index in [1.54, 1.807) is 12.1 Å². The number of fused-ring (bicyclic) bond motifs is 1. The van der Waals surface area contributed by atoms with Crippen LogP contribution in [-0.2, 0) is 14.8 Å². The van der Waals surface area contributed by atoms with Crippen LogP contribution in [0, 0.1) is 11.8 Å². The third kappa shape index (κ3) is 4.47. The van der Waals surface area contributed by atoms with Crippen LogP contribution in [-0.4, -0.2) is 35.2 Å². The molecule has 0 radical (unpaired) electrons. The van der Waals surface area contributed by atoms with Gasteiger partial charge in [0.1, 0.15) is 22.0 Å². The molecule has 1 aromatic carbocycles. The number of carbonyl (C=O) groups excluding carboxylic acids is 1. The molecular weight excluding hydrogens is 384 g/mol. The summed E-state index contributed by atoms with van der Waals surface area (Å²) < 4.78 is 36.7. The molecule has 0 unspecified atom stereocenters. The molecule has 1 aliphatic rings. The van der Waals surface area contributed by atoms with Crippen LogP contribution in [0.1, 0.15) is 46.5 Å². The molecule has 9 heteroatoms. The van der Waals surface area contributed by atoms with E-state index >= 15 is 0 Å². The van der Waals surface area contributed by atoms with E-state index in [9.17, 15) is 13.2 Å². The summed E-state index contributed by atoms with van der Waals surface area (Å²) in [5.74, 6) is -0.0516. The van der Waals surface area contributed by atoms with Crippen LogP contribution in [0.5, 0.6) is 0 Å². The molecule has 3 atom stereocenters. The van der Waals surface area contributed by atoms with Gasteiger partial charge in [-0.15, -0.1) is 0 Å². The third-order valence-electron chi connectivity index (χ3n) is 5.21. The van der Waals surface area contributed by atoms with Crippen molar-refractivity contribution in [3.8, 4) is 0 Å². The predicted molar refractivity (Wildman–Crippen MR) is 106 cm³/mol. The number of rotatable bonds is 6. The molecule has 3 rings (SSSR count). The molecule has 27 heavy (non-hydrogen) atoms. The van der Waals surface area contributed by atoms with Crippen LogP contribution in [0.15, 0.2) is 23.1 Å². The molecular formula is C18H26N4O3S2. The lowest BCUT2D eigenvalue weighted by molar-refractivity contribution is -0.125. The average Bonchev–Trinajstić information content (AvgIpc) is 3.10. The zero-order valence-corrected chi connectivity index (χ0v) is 17.4. The number of aromatic nitrogens is 2. The van der Waals surface area contributed by atoms with Gasteiger partial charge in [-0.2, -0.15) is 13.5 Å². The highest BCUT2D eigenvalue weighted by Crippen LogP contribution is 2.25. The summed E-state index contributed by atoms with van der Waals surface area (Å²) in [6, 6.07) is 4.10. The Bertz CT molecular complexity index is 910. The van der Waals surface area contributed by atoms with Crippen molar-refractivity contribution in [3.05, 3.63) is 18.2 Å². The van der Waals surface area contributed by atoms with E-state index in [4.69, 9.17) is 0 Å². The first kappa shape index (κ1) is 20.2. The SMILES string of the molecule is CC(C)[C@H](NS(=O)(=O)c1cccc2nsnc12)C(=O)N[C@@H]1CCCC[C@H]1C. The Hall–Kier alpha value is -1.58. The van der Waals surface area contributed by atoms with Gasteiger partial charge in [0.15, 0.2) is 0 Å². The second-order valence-electron chi connectivity index (χ2n) is 7.61. The maximum Gasteiger partial charge on any atom is 0.243 e. The van der Waals surface area contributed by atoms with Gasteiger partial charge in [-0.25, -0.2) is 8.42 Å². The average molecular weight is 411 g/mol. The number of hydrogen-bond acceptors (Lipinski definition) is 6. The van der Waals surface area contributed by atoms with Crippen molar-refractivity contribution >= 4 is 38.7 Å². The lowest BCUT2D eigenvalue weighted by Crippen LogP contribution is -2.53. The quantitative estimate of drug-likeness (QED) is 0.762. The molecule has 2 aromatic rings. The molecule has 1 saturated carbocycles. The number of amides is 1. The first-order valence-corrected chi connectivity index (χ1v) is 11.5. The van der Waals surface area contributed by atoms with E-state index in [2.05, 4.69) is 25.7 Å². The van der Waals surface area contributed by atoms with Crippen molar-refractivity contribution in [3.63, 3.8) is 0 Å². The molecule has 7 nitrogen and oxygen atoms in total. The summed E-state index contributed by atoms with van der Waals surface area (Å²) >= 11 is 0.967. The maximum absolute atomic E-state index is 13.0. The monoisotopic (exact) mass is 410 g/mol. The van der Waals surface area contributed by atoms with Gasteiger partial charge in [0.25, 0.3) is 0 Å². The van der Waals surface area contributed by atoms with Gasteiger partial charge in [-0.1, -0.05) is 39.7 Å². The van der Waals surface area contributed by atoms with E-state index in [0.29, 0.717) is 17.0 Å². The second-order valence-corrected chi connectivity index (χ2v) is 9.82. The van der Waals surface area contributed by atoms with Gasteiger partial charge in [-0.05, 0) is 36.8 Å². The third-order valence-corrected chi connectivity index (χ3v) is 7.22. The maximum atomic E-state index is 13.0. The Morgan fingerprint density at radius 1 is 1.22 bits per heavy atom. The largest absolute Gasteiger partial charge is 0.352 e. The van der Waals surface area contributed by atoms with Gasteiger partial charge in [-0.3, -0.25) is 4.79 Å². The molecule has 2 N–H and O–H groups in total. The van der Waals surface area contributed by atoms with Crippen molar-refractivity contribution in [2.45, 2.75) is 63.4 Å². The topological polar surface area (TPSA) is 101 Å². The normalized spacial score (nSPS) is 22.1. The van der Waals surface area contributed by atoms with Gasteiger partial charge in [0.05, 0.1) is 11.7 Å². The number of carbonyl (C=O) groups is 1. The smallest absolute Gasteiger partial charge is 0.243 e. The lowest BCUT2D eigenvalue weighted by atomic mass is 9.85. The van der Waals surface area contributed by atoms with Crippen LogP contribution >= 0.6 is 11.7 Å². The fraction of sp³-hybridized carbons (Fsp3) is 0.611. The zero-order chi connectivity index (χ0) is 19.6. The van der Waals surface area contributed by atoms with E-state index in [-0.39, 0.29) is 22.8 Å². The predicted octanol–water partition coefficient (Wildman–Crippen LogP) is 2.69. The van der Waals surface area contributed by atoms with Crippen LogP contribution in [0.3, 0.4) is 0 Å². The molecule has 148 valence electrons. The molecule has 0 aliphatic heterocycles. The van der Waals surface area contributed by atoms with Gasteiger partial charge < -0.3 is 5.32 Å². The first-order chi connectivity index (χ1) is 12.8. The number of nitrogens with one attached hydrogen (secondary N) is 2. The highest BCUT2D eigenvalue weighted by atomic mass is 32.2. The minimum Gasteiger partial charge on any atom is -0.352 e. The van der Waals surface area contributed by atoms with Crippen molar-refractivity contribution < 1.29 is 13.2 Å². The Balaban J connectivity index is 1.81. The Morgan fingerprint density at radius 2 is 1.96 bits per heavy atom. The van der Waals surface area contributed by atoms with Crippen LogP contribution in [0.4, 0.5) is 0 Å². The Morgan fingerprint density at radius 3 is 2.67 bits per heavy atom. The Labute approximate surface area is 164 Å². The van der Waals surface area contributed by atoms with Crippen molar-refractivity contribution in [1.29, 1.82) is 0 Å². The summed E-state index contributed by atoms with van der Waals surface area (Å²) in [7, 11) is -3.91. The number of nitrogens with zero attached hydrogens (tertiary/aromatic N) is 2. The lowest BCUT2D eigenvalue weighted by Gasteiger charge is -2.31. The van der Waals surface area contributed by atoms with Crippen LogP contribution < -0.4 is 10.0 Å². The summed E-state index contributed by atoms with van der Waals surface area (Å²) in [4.78, 5) is 12.9. The number of hydrogen-bond donors (Lipinski definition) is 2. The van der Waals surface area contributed by atoms with E-state index in [0.717, 1.165) is 31.0 Å².